The fourth-order valence-electron chi connectivity index (χ4n) is 2.54. The SMILES string of the molecule is Cc1ccc(NC(=O)C(C#N)=Cc2ccc(-c3ccccc3Cl)o2)cc1C. The summed E-state index contributed by atoms with van der Waals surface area (Å²) < 4.78 is 5.73. The summed E-state index contributed by atoms with van der Waals surface area (Å²) in [5, 5.41) is 12.7. The molecule has 0 aliphatic rings. The summed E-state index contributed by atoms with van der Waals surface area (Å²) in [6.45, 7) is 3.96. The number of benzene rings is 2. The van der Waals surface area contributed by atoms with Crippen LogP contribution in [0.2, 0.25) is 5.02 Å². The summed E-state index contributed by atoms with van der Waals surface area (Å²) >= 11 is 6.17. The van der Waals surface area contributed by atoms with Gasteiger partial charge in [-0.3, -0.25) is 4.79 Å². The first-order valence-electron chi connectivity index (χ1n) is 8.33. The number of aryl methyl sites for hydroxylation is 2. The van der Waals surface area contributed by atoms with Gasteiger partial charge >= 0.3 is 0 Å². The highest BCUT2D eigenvalue weighted by Gasteiger charge is 2.12. The Bertz CT molecular complexity index is 1070. The Balaban J connectivity index is 1.82. The molecule has 0 fully saturated rings. The second-order valence-corrected chi connectivity index (χ2v) is 6.51. The summed E-state index contributed by atoms with van der Waals surface area (Å²) in [5.74, 6) is 0.479. The molecule has 0 saturated carbocycles. The Labute approximate surface area is 162 Å². The van der Waals surface area contributed by atoms with Crippen LogP contribution in [0, 0.1) is 25.2 Å². The molecular formula is C22H17ClN2O2. The fourth-order valence-corrected chi connectivity index (χ4v) is 2.77. The van der Waals surface area contributed by atoms with Gasteiger partial charge < -0.3 is 9.73 Å². The smallest absolute Gasteiger partial charge is 0.266 e. The van der Waals surface area contributed by atoms with Crippen LogP contribution in [-0.4, -0.2) is 5.91 Å². The summed E-state index contributed by atoms with van der Waals surface area (Å²) in [6, 6.07) is 18.3. The van der Waals surface area contributed by atoms with Crippen molar-refractivity contribution in [2.45, 2.75) is 13.8 Å². The van der Waals surface area contributed by atoms with Gasteiger partial charge in [-0.1, -0.05) is 29.8 Å². The number of amides is 1. The predicted octanol–water partition coefficient (Wildman–Crippen LogP) is 5.76. The van der Waals surface area contributed by atoms with Crippen LogP contribution in [0.15, 0.2) is 64.6 Å². The Kier molecular flexibility index (Phi) is 5.44. The lowest BCUT2D eigenvalue weighted by molar-refractivity contribution is -0.112. The molecule has 0 bridgehead atoms. The van der Waals surface area contributed by atoms with Crippen LogP contribution in [0.4, 0.5) is 5.69 Å². The zero-order valence-corrected chi connectivity index (χ0v) is 15.7. The van der Waals surface area contributed by atoms with E-state index in [4.69, 9.17) is 16.0 Å². The third kappa shape index (κ3) is 4.28. The molecule has 134 valence electrons. The second kappa shape index (κ2) is 7.94. The monoisotopic (exact) mass is 376 g/mol. The maximum absolute atomic E-state index is 12.4. The first-order valence-corrected chi connectivity index (χ1v) is 8.71. The van der Waals surface area contributed by atoms with Gasteiger partial charge in [0.2, 0.25) is 0 Å². The van der Waals surface area contributed by atoms with Crippen molar-refractivity contribution in [1.82, 2.24) is 0 Å². The van der Waals surface area contributed by atoms with Crippen LogP contribution in [0.1, 0.15) is 16.9 Å². The molecule has 0 aliphatic carbocycles. The van der Waals surface area contributed by atoms with E-state index in [1.54, 1.807) is 24.3 Å². The molecule has 1 amide bonds. The van der Waals surface area contributed by atoms with Gasteiger partial charge in [-0.25, -0.2) is 0 Å². The molecule has 0 atom stereocenters. The number of rotatable bonds is 4. The van der Waals surface area contributed by atoms with E-state index >= 15 is 0 Å². The van der Waals surface area contributed by atoms with Crippen molar-refractivity contribution in [1.29, 1.82) is 5.26 Å². The topological polar surface area (TPSA) is 66.0 Å². The quantitative estimate of drug-likeness (QED) is 0.464. The molecule has 3 aromatic rings. The van der Waals surface area contributed by atoms with Crippen LogP contribution < -0.4 is 5.32 Å². The molecule has 3 rings (SSSR count). The van der Waals surface area contributed by atoms with Crippen LogP contribution in [0.25, 0.3) is 17.4 Å². The van der Waals surface area contributed by atoms with Gasteiger partial charge in [0.05, 0.1) is 5.02 Å². The number of halogens is 1. The van der Waals surface area contributed by atoms with Crippen molar-refractivity contribution in [2.75, 3.05) is 5.32 Å². The third-order valence-electron chi connectivity index (χ3n) is 4.18. The van der Waals surface area contributed by atoms with Crippen molar-refractivity contribution < 1.29 is 9.21 Å². The molecule has 1 N–H and O–H groups in total. The number of nitrogens with zero attached hydrogens (tertiary/aromatic N) is 1. The maximum atomic E-state index is 12.4. The molecule has 0 aliphatic heterocycles. The van der Waals surface area contributed by atoms with Gasteiger partial charge in [-0.2, -0.15) is 5.26 Å². The summed E-state index contributed by atoms with van der Waals surface area (Å²) in [5.41, 5.74) is 3.53. The number of furan rings is 1. The Hall–Kier alpha value is -3.29. The zero-order valence-electron chi connectivity index (χ0n) is 14.9. The summed E-state index contributed by atoms with van der Waals surface area (Å²) in [6.07, 6.45) is 1.41. The third-order valence-corrected chi connectivity index (χ3v) is 4.51. The van der Waals surface area contributed by atoms with E-state index in [1.807, 2.05) is 50.2 Å². The molecule has 0 saturated heterocycles. The number of hydrogen-bond donors (Lipinski definition) is 1. The van der Waals surface area contributed by atoms with Gasteiger partial charge in [0, 0.05) is 17.3 Å². The number of carbonyl (C=O) groups is 1. The average Bonchev–Trinajstić information content (AvgIpc) is 3.11. The molecule has 0 unspecified atom stereocenters. The number of anilines is 1. The molecule has 0 spiro atoms. The van der Waals surface area contributed by atoms with Gasteiger partial charge in [-0.15, -0.1) is 0 Å². The highest BCUT2D eigenvalue weighted by molar-refractivity contribution is 6.33. The summed E-state index contributed by atoms with van der Waals surface area (Å²) in [7, 11) is 0. The number of nitriles is 1. The largest absolute Gasteiger partial charge is 0.457 e. The number of nitrogens with one attached hydrogen (secondary N) is 1. The van der Waals surface area contributed by atoms with Crippen molar-refractivity contribution in [3.63, 3.8) is 0 Å². The minimum atomic E-state index is -0.489. The van der Waals surface area contributed by atoms with Crippen molar-refractivity contribution in [3.05, 3.63) is 82.1 Å². The van der Waals surface area contributed by atoms with E-state index in [0.29, 0.717) is 22.2 Å². The summed E-state index contributed by atoms with van der Waals surface area (Å²) in [4.78, 5) is 12.4. The standard InChI is InChI=1S/C22H17ClN2O2/c1-14-7-8-17(11-15(14)2)25-22(26)16(13-24)12-18-9-10-21(27-18)19-5-3-4-6-20(19)23/h3-12H,1-2H3,(H,25,26). The predicted molar refractivity (Wildman–Crippen MR) is 107 cm³/mol. The van der Waals surface area contributed by atoms with Crippen LogP contribution in [0.5, 0.6) is 0 Å². The fraction of sp³-hybridized carbons (Fsp3) is 0.0909. The Morgan fingerprint density at radius 2 is 1.89 bits per heavy atom. The normalized spacial score (nSPS) is 11.1. The van der Waals surface area contributed by atoms with E-state index < -0.39 is 5.91 Å². The Morgan fingerprint density at radius 3 is 2.59 bits per heavy atom. The van der Waals surface area contributed by atoms with Crippen molar-refractivity contribution in [3.8, 4) is 17.4 Å². The van der Waals surface area contributed by atoms with Gasteiger partial charge in [0.1, 0.15) is 23.2 Å². The van der Waals surface area contributed by atoms with E-state index in [1.165, 1.54) is 6.08 Å². The van der Waals surface area contributed by atoms with Crippen LogP contribution in [-0.2, 0) is 4.79 Å². The van der Waals surface area contributed by atoms with E-state index in [9.17, 15) is 10.1 Å². The van der Waals surface area contributed by atoms with Crippen molar-refractivity contribution >= 4 is 29.3 Å². The van der Waals surface area contributed by atoms with Crippen molar-refractivity contribution in [2.24, 2.45) is 0 Å². The lowest BCUT2D eigenvalue weighted by Gasteiger charge is -2.06. The number of hydrogen-bond acceptors (Lipinski definition) is 3. The minimum absolute atomic E-state index is 0.0479. The molecule has 1 heterocycles. The van der Waals surface area contributed by atoms with Crippen LogP contribution >= 0.6 is 11.6 Å². The lowest BCUT2D eigenvalue weighted by Crippen LogP contribution is -2.13. The highest BCUT2D eigenvalue weighted by atomic mass is 35.5. The molecular weight excluding hydrogens is 360 g/mol. The Morgan fingerprint density at radius 1 is 1.11 bits per heavy atom. The van der Waals surface area contributed by atoms with Crippen LogP contribution in [0.3, 0.4) is 0 Å². The lowest BCUT2D eigenvalue weighted by atomic mass is 10.1. The van der Waals surface area contributed by atoms with E-state index in [2.05, 4.69) is 5.32 Å². The van der Waals surface area contributed by atoms with E-state index in [0.717, 1.165) is 16.7 Å². The molecule has 0 radical (unpaired) electrons. The highest BCUT2D eigenvalue weighted by Crippen LogP contribution is 2.29. The molecule has 2 aromatic carbocycles. The average molecular weight is 377 g/mol. The van der Waals surface area contributed by atoms with Gasteiger partial charge in [-0.05, 0) is 61.4 Å². The van der Waals surface area contributed by atoms with E-state index in [-0.39, 0.29) is 5.57 Å². The van der Waals surface area contributed by atoms with Gasteiger partial charge in [0.25, 0.3) is 5.91 Å². The first-order chi connectivity index (χ1) is 13.0. The molecule has 27 heavy (non-hydrogen) atoms. The zero-order chi connectivity index (χ0) is 19.4. The van der Waals surface area contributed by atoms with Gasteiger partial charge in [0.15, 0.2) is 0 Å². The molecule has 1 aromatic heterocycles. The number of carbonyl (C=O) groups excluding carboxylic acids is 1. The minimum Gasteiger partial charge on any atom is -0.457 e. The molecule has 5 heteroatoms. The maximum Gasteiger partial charge on any atom is 0.266 e. The first kappa shape index (κ1) is 18.5. The molecule has 4 nitrogen and oxygen atoms in total. The second-order valence-electron chi connectivity index (χ2n) is 6.10.